The van der Waals surface area contributed by atoms with E-state index in [4.69, 9.17) is 4.74 Å². The van der Waals surface area contributed by atoms with E-state index in [1.165, 1.54) is 11.8 Å². The van der Waals surface area contributed by atoms with Gasteiger partial charge in [0.2, 0.25) is 5.88 Å². The van der Waals surface area contributed by atoms with Crippen LogP contribution in [0.5, 0.6) is 5.88 Å². The average Bonchev–Trinajstić information content (AvgIpc) is 2.89. The summed E-state index contributed by atoms with van der Waals surface area (Å²) in [4.78, 5) is 11.0. The number of ether oxygens (including phenoxy) is 1. The molecule has 0 aliphatic rings. The predicted octanol–water partition coefficient (Wildman–Crippen LogP) is 0.905. The van der Waals surface area contributed by atoms with Gasteiger partial charge < -0.3 is 9.30 Å². The van der Waals surface area contributed by atoms with E-state index in [9.17, 15) is 4.79 Å². The third-order valence-corrected chi connectivity index (χ3v) is 3.63. The third kappa shape index (κ3) is 2.78. The zero-order chi connectivity index (χ0) is 14.0. The molecule has 19 heavy (non-hydrogen) atoms. The number of methoxy groups -OCH3 is 1. The van der Waals surface area contributed by atoms with Gasteiger partial charge in [-0.25, -0.2) is 0 Å². The monoisotopic (exact) mass is 281 g/mol. The molecule has 7 nitrogen and oxygen atoms in total. The van der Waals surface area contributed by atoms with E-state index < -0.39 is 0 Å². The summed E-state index contributed by atoms with van der Waals surface area (Å²) in [7, 11) is 5.23. The fraction of sp³-hybridized carbons (Fsp3) is 0.455. The van der Waals surface area contributed by atoms with E-state index in [0.717, 1.165) is 5.56 Å². The van der Waals surface area contributed by atoms with E-state index >= 15 is 0 Å². The van der Waals surface area contributed by atoms with Gasteiger partial charge in [0.15, 0.2) is 11.0 Å². The highest BCUT2D eigenvalue weighted by Crippen LogP contribution is 2.28. The van der Waals surface area contributed by atoms with E-state index in [0.29, 0.717) is 22.6 Å². The van der Waals surface area contributed by atoms with Gasteiger partial charge >= 0.3 is 0 Å². The molecule has 0 unspecified atom stereocenters. The lowest BCUT2D eigenvalue weighted by molar-refractivity contribution is -0.114. The van der Waals surface area contributed by atoms with Crippen molar-refractivity contribution in [1.29, 1.82) is 0 Å². The van der Waals surface area contributed by atoms with Crippen LogP contribution in [0.1, 0.15) is 6.92 Å². The third-order valence-electron chi connectivity index (χ3n) is 2.47. The highest BCUT2D eigenvalue weighted by molar-refractivity contribution is 7.99. The average molecular weight is 281 g/mol. The molecule has 0 aliphatic heterocycles. The second-order valence-corrected chi connectivity index (χ2v) is 5.02. The Kier molecular flexibility index (Phi) is 3.89. The van der Waals surface area contributed by atoms with Crippen LogP contribution in [0, 0.1) is 0 Å². The number of thioether (sulfide) groups is 1. The van der Waals surface area contributed by atoms with Crippen molar-refractivity contribution in [2.75, 3.05) is 12.9 Å². The molecule has 2 aromatic heterocycles. The largest absolute Gasteiger partial charge is 0.479 e. The predicted molar refractivity (Wildman–Crippen MR) is 71.2 cm³/mol. The maximum Gasteiger partial charge on any atom is 0.243 e. The number of hydrogen-bond acceptors (Lipinski definition) is 6. The van der Waals surface area contributed by atoms with Gasteiger partial charge in [-0.3, -0.25) is 9.48 Å². The van der Waals surface area contributed by atoms with Gasteiger partial charge in [0.05, 0.1) is 12.9 Å². The number of hydrogen-bond donors (Lipinski definition) is 0. The molecule has 2 rings (SSSR count). The van der Waals surface area contributed by atoms with Crippen molar-refractivity contribution in [3.05, 3.63) is 6.20 Å². The lowest BCUT2D eigenvalue weighted by Crippen LogP contribution is -1.99. The minimum absolute atomic E-state index is 0.105. The van der Waals surface area contributed by atoms with Crippen LogP contribution in [0.4, 0.5) is 0 Å². The second kappa shape index (κ2) is 5.43. The number of nitrogens with zero attached hydrogens (tertiary/aromatic N) is 5. The minimum atomic E-state index is 0.105. The maximum atomic E-state index is 11.0. The molecule has 0 radical (unpaired) electrons. The van der Waals surface area contributed by atoms with Crippen LogP contribution in [0.15, 0.2) is 11.4 Å². The summed E-state index contributed by atoms with van der Waals surface area (Å²) >= 11 is 1.36. The summed E-state index contributed by atoms with van der Waals surface area (Å²) in [6.07, 6.45) is 1.82. The number of carbonyl (C=O) groups is 1. The summed E-state index contributed by atoms with van der Waals surface area (Å²) in [6, 6.07) is 0. The summed E-state index contributed by atoms with van der Waals surface area (Å²) in [5, 5.41) is 13.1. The molecule has 0 saturated heterocycles. The van der Waals surface area contributed by atoms with Crippen LogP contribution in [-0.4, -0.2) is 43.2 Å². The van der Waals surface area contributed by atoms with Crippen molar-refractivity contribution in [3.8, 4) is 17.3 Å². The molecule has 102 valence electrons. The summed E-state index contributed by atoms with van der Waals surface area (Å²) < 4.78 is 8.69. The normalized spacial score (nSPS) is 10.7. The Hall–Kier alpha value is -1.83. The number of rotatable bonds is 5. The first-order valence-corrected chi connectivity index (χ1v) is 6.61. The first kappa shape index (κ1) is 13.6. The zero-order valence-electron chi connectivity index (χ0n) is 11.2. The van der Waals surface area contributed by atoms with Crippen LogP contribution >= 0.6 is 11.8 Å². The number of aryl methyl sites for hydroxylation is 1. The van der Waals surface area contributed by atoms with E-state index in [1.807, 2.05) is 24.9 Å². The van der Waals surface area contributed by atoms with Gasteiger partial charge in [0.1, 0.15) is 11.3 Å². The molecule has 0 aromatic carbocycles. The van der Waals surface area contributed by atoms with E-state index in [1.54, 1.807) is 18.7 Å². The Morgan fingerprint density at radius 2 is 2.16 bits per heavy atom. The molecule has 0 saturated carbocycles. The first-order valence-electron chi connectivity index (χ1n) is 5.62. The van der Waals surface area contributed by atoms with Crippen LogP contribution in [-0.2, 0) is 18.9 Å². The molecule has 2 heterocycles. The van der Waals surface area contributed by atoms with Crippen molar-refractivity contribution in [1.82, 2.24) is 24.5 Å². The molecule has 0 bridgehead atoms. The smallest absolute Gasteiger partial charge is 0.243 e. The summed E-state index contributed by atoms with van der Waals surface area (Å²) in [5.41, 5.74) is 0.773. The molecule has 0 N–H and O–H groups in total. The van der Waals surface area contributed by atoms with Gasteiger partial charge in [-0.2, -0.15) is 0 Å². The van der Waals surface area contributed by atoms with Crippen LogP contribution in [0.2, 0.25) is 0 Å². The van der Waals surface area contributed by atoms with Gasteiger partial charge in [-0.05, 0) is 6.92 Å². The van der Waals surface area contributed by atoms with Crippen LogP contribution < -0.4 is 4.74 Å². The Morgan fingerprint density at radius 3 is 2.79 bits per heavy atom. The highest BCUT2D eigenvalue weighted by atomic mass is 32.2. The molecular weight excluding hydrogens is 266 g/mol. The van der Waals surface area contributed by atoms with Gasteiger partial charge in [-0.1, -0.05) is 11.8 Å². The number of ketones is 1. The Morgan fingerprint density at radius 1 is 1.42 bits per heavy atom. The molecule has 8 heteroatoms. The van der Waals surface area contributed by atoms with E-state index in [2.05, 4.69) is 15.3 Å². The Labute approximate surface area is 115 Å². The summed E-state index contributed by atoms with van der Waals surface area (Å²) in [6.45, 7) is 1.55. The summed E-state index contributed by atoms with van der Waals surface area (Å²) in [5.74, 6) is 1.65. The fourth-order valence-electron chi connectivity index (χ4n) is 1.61. The zero-order valence-corrected chi connectivity index (χ0v) is 12.1. The molecule has 0 spiro atoms. The first-order chi connectivity index (χ1) is 9.02. The van der Waals surface area contributed by atoms with Crippen molar-refractivity contribution >= 4 is 17.5 Å². The molecular formula is C11H15N5O2S. The number of carbonyl (C=O) groups excluding carboxylic acids is 1. The van der Waals surface area contributed by atoms with Gasteiger partial charge in [0.25, 0.3) is 0 Å². The Bertz CT molecular complexity index is 604. The molecule has 0 fully saturated rings. The van der Waals surface area contributed by atoms with Crippen molar-refractivity contribution in [2.24, 2.45) is 14.1 Å². The van der Waals surface area contributed by atoms with Crippen LogP contribution in [0.25, 0.3) is 11.4 Å². The molecule has 0 amide bonds. The van der Waals surface area contributed by atoms with Crippen molar-refractivity contribution in [3.63, 3.8) is 0 Å². The lowest BCUT2D eigenvalue weighted by atomic mass is 10.3. The molecule has 0 atom stereocenters. The standard InChI is InChI=1S/C11H15N5O2S/c1-7(17)6-19-11-13-12-9(16(11)3)8-5-15(2)14-10(8)18-4/h5H,6H2,1-4H3. The topological polar surface area (TPSA) is 74.8 Å². The lowest BCUT2D eigenvalue weighted by Gasteiger charge is -2.02. The molecule has 2 aromatic rings. The van der Waals surface area contributed by atoms with Gasteiger partial charge in [-0.15, -0.1) is 15.3 Å². The van der Waals surface area contributed by atoms with Gasteiger partial charge in [0, 0.05) is 20.3 Å². The van der Waals surface area contributed by atoms with Crippen LogP contribution in [0.3, 0.4) is 0 Å². The molecule has 0 aliphatic carbocycles. The second-order valence-electron chi connectivity index (χ2n) is 4.08. The number of Topliss-reactive ketones (excluding diaryl/α,β-unsaturated/α-hetero) is 1. The van der Waals surface area contributed by atoms with E-state index in [-0.39, 0.29) is 5.78 Å². The number of aromatic nitrogens is 5. The maximum absolute atomic E-state index is 11.0. The Balaban J connectivity index is 2.33. The SMILES string of the molecule is COc1nn(C)cc1-c1nnc(SCC(C)=O)n1C. The van der Waals surface area contributed by atoms with Crippen molar-refractivity contribution < 1.29 is 9.53 Å². The van der Waals surface area contributed by atoms with Crippen molar-refractivity contribution in [2.45, 2.75) is 12.1 Å². The minimum Gasteiger partial charge on any atom is -0.479 e. The quantitative estimate of drug-likeness (QED) is 0.758. The fourth-order valence-corrected chi connectivity index (χ4v) is 2.32. The highest BCUT2D eigenvalue weighted by Gasteiger charge is 2.18.